The molecule has 0 bridgehead atoms. The maximum atomic E-state index is 12.5. The molecule has 0 aliphatic rings. The summed E-state index contributed by atoms with van der Waals surface area (Å²) >= 11 is 5.28. The monoisotopic (exact) mass is 408 g/mol. The Bertz CT molecular complexity index is 1020. The van der Waals surface area contributed by atoms with Crippen LogP contribution in [0, 0.1) is 0 Å². The largest absolute Gasteiger partial charge is 0.459 e. The van der Waals surface area contributed by atoms with Crippen molar-refractivity contribution in [2.45, 2.75) is 32.8 Å². The molecule has 1 aromatic heterocycles. The van der Waals surface area contributed by atoms with Gasteiger partial charge in [-0.2, -0.15) is 0 Å². The summed E-state index contributed by atoms with van der Waals surface area (Å²) in [6, 6.07) is 18.5. The number of rotatable bonds is 4. The fourth-order valence-electron chi connectivity index (χ4n) is 2.83. The van der Waals surface area contributed by atoms with Gasteiger partial charge in [-0.05, 0) is 59.6 Å². The predicted molar refractivity (Wildman–Crippen MR) is 119 cm³/mol. The van der Waals surface area contributed by atoms with E-state index in [2.05, 4.69) is 31.4 Å². The van der Waals surface area contributed by atoms with Crippen LogP contribution in [0.25, 0.3) is 11.3 Å². The highest BCUT2D eigenvalue weighted by atomic mass is 32.1. The number of anilines is 1. The highest BCUT2D eigenvalue weighted by Gasteiger charge is 2.15. The van der Waals surface area contributed by atoms with E-state index in [1.165, 1.54) is 0 Å². The highest BCUT2D eigenvalue weighted by Crippen LogP contribution is 2.25. The van der Waals surface area contributed by atoms with Gasteiger partial charge in [0.15, 0.2) is 5.11 Å². The van der Waals surface area contributed by atoms with Crippen LogP contribution in [0.2, 0.25) is 0 Å². The molecule has 3 N–H and O–H groups in total. The lowest BCUT2D eigenvalue weighted by Crippen LogP contribution is -2.34. The normalized spacial score (nSPS) is 11.2. The molecular formula is C23H24N2O3S. The molecule has 0 atom stereocenters. The molecule has 3 aromatic rings. The molecule has 0 aliphatic heterocycles. The Hall–Kier alpha value is -2.96. The number of hydrogen-bond donors (Lipinski definition) is 3. The lowest BCUT2D eigenvalue weighted by atomic mass is 9.87. The Morgan fingerprint density at radius 3 is 2.41 bits per heavy atom. The number of aliphatic hydroxyl groups excluding tert-OH is 1. The Morgan fingerprint density at radius 1 is 1.07 bits per heavy atom. The summed E-state index contributed by atoms with van der Waals surface area (Å²) in [5.74, 6) is 0.878. The first-order chi connectivity index (χ1) is 13.8. The molecule has 3 rings (SSSR count). The average Bonchev–Trinajstić information content (AvgIpc) is 3.17. The minimum absolute atomic E-state index is 0.0306. The van der Waals surface area contributed by atoms with Gasteiger partial charge in [-0.25, -0.2) is 0 Å². The zero-order chi connectivity index (χ0) is 21.0. The van der Waals surface area contributed by atoms with Crippen molar-refractivity contribution in [2.75, 3.05) is 5.32 Å². The van der Waals surface area contributed by atoms with Gasteiger partial charge in [0.05, 0.1) is 0 Å². The first-order valence-electron chi connectivity index (χ1n) is 9.29. The van der Waals surface area contributed by atoms with Crippen molar-refractivity contribution in [3.05, 3.63) is 77.6 Å². The molecule has 1 amide bonds. The number of carbonyl (C=O) groups excluding carboxylic acids is 1. The molecule has 29 heavy (non-hydrogen) atoms. The number of benzene rings is 2. The van der Waals surface area contributed by atoms with Gasteiger partial charge in [0.25, 0.3) is 5.91 Å². The molecule has 0 saturated carbocycles. The number of furan rings is 1. The van der Waals surface area contributed by atoms with Crippen LogP contribution in [-0.2, 0) is 12.0 Å². The molecule has 0 aliphatic carbocycles. The number of aliphatic hydroxyl groups is 1. The molecule has 150 valence electrons. The summed E-state index contributed by atoms with van der Waals surface area (Å²) in [6.07, 6.45) is 0. The Labute approximate surface area is 175 Å². The second-order valence-electron chi connectivity index (χ2n) is 7.74. The van der Waals surface area contributed by atoms with E-state index in [1.807, 2.05) is 36.4 Å². The quantitative estimate of drug-likeness (QED) is 0.538. The lowest BCUT2D eigenvalue weighted by Gasteiger charge is -2.19. The van der Waals surface area contributed by atoms with E-state index in [0.29, 0.717) is 17.1 Å². The van der Waals surface area contributed by atoms with Crippen LogP contribution in [0.4, 0.5) is 5.69 Å². The number of nitrogens with one attached hydrogen (secondary N) is 2. The minimum atomic E-state index is -0.266. The van der Waals surface area contributed by atoms with Gasteiger partial charge in [0.1, 0.15) is 18.1 Å². The Morgan fingerprint density at radius 2 is 1.79 bits per heavy atom. The van der Waals surface area contributed by atoms with Gasteiger partial charge in [-0.3, -0.25) is 10.1 Å². The fourth-order valence-corrected chi connectivity index (χ4v) is 3.04. The van der Waals surface area contributed by atoms with Gasteiger partial charge in [0, 0.05) is 16.8 Å². The predicted octanol–water partition coefficient (Wildman–Crippen LogP) is 4.86. The fraction of sp³-hybridized carbons (Fsp3) is 0.217. The van der Waals surface area contributed by atoms with E-state index in [0.717, 1.165) is 16.8 Å². The number of thiocarbonyl (C=S) groups is 1. The summed E-state index contributed by atoms with van der Waals surface area (Å²) in [5.41, 5.74) is 3.29. The van der Waals surface area contributed by atoms with E-state index < -0.39 is 0 Å². The summed E-state index contributed by atoms with van der Waals surface area (Å²) in [5, 5.41) is 15.1. The molecule has 5 nitrogen and oxygen atoms in total. The molecule has 0 saturated heterocycles. The van der Waals surface area contributed by atoms with Gasteiger partial charge in [0.2, 0.25) is 0 Å². The van der Waals surface area contributed by atoms with E-state index in [9.17, 15) is 4.79 Å². The molecule has 0 spiro atoms. The van der Waals surface area contributed by atoms with Crippen LogP contribution in [-0.4, -0.2) is 16.1 Å². The van der Waals surface area contributed by atoms with Crippen LogP contribution in [0.1, 0.15) is 42.5 Å². The zero-order valence-corrected chi connectivity index (χ0v) is 17.5. The summed E-state index contributed by atoms with van der Waals surface area (Å²) < 4.78 is 5.55. The minimum Gasteiger partial charge on any atom is -0.459 e. The molecule has 0 radical (unpaired) electrons. The van der Waals surface area contributed by atoms with E-state index in [-0.39, 0.29) is 23.0 Å². The lowest BCUT2D eigenvalue weighted by molar-refractivity contribution is 0.0977. The van der Waals surface area contributed by atoms with Crippen molar-refractivity contribution >= 4 is 28.9 Å². The van der Waals surface area contributed by atoms with Crippen LogP contribution in [0.5, 0.6) is 0 Å². The Balaban J connectivity index is 1.64. The van der Waals surface area contributed by atoms with Gasteiger partial charge in [-0.1, -0.05) is 45.0 Å². The summed E-state index contributed by atoms with van der Waals surface area (Å²) in [4.78, 5) is 12.5. The van der Waals surface area contributed by atoms with E-state index in [1.54, 1.807) is 24.3 Å². The van der Waals surface area contributed by atoms with Crippen molar-refractivity contribution in [2.24, 2.45) is 0 Å². The molecular weight excluding hydrogens is 384 g/mol. The third kappa shape index (κ3) is 5.31. The van der Waals surface area contributed by atoms with E-state index in [4.69, 9.17) is 21.7 Å². The molecule has 0 unspecified atom stereocenters. The number of carbonyl (C=O) groups is 1. The number of hydrogen-bond acceptors (Lipinski definition) is 4. The maximum absolute atomic E-state index is 12.5. The van der Waals surface area contributed by atoms with Gasteiger partial charge in [-0.15, -0.1) is 0 Å². The van der Waals surface area contributed by atoms with Crippen LogP contribution in [0.15, 0.2) is 65.1 Å². The van der Waals surface area contributed by atoms with Crippen molar-refractivity contribution < 1.29 is 14.3 Å². The van der Waals surface area contributed by atoms with Crippen LogP contribution in [0.3, 0.4) is 0 Å². The van der Waals surface area contributed by atoms with E-state index >= 15 is 0 Å². The van der Waals surface area contributed by atoms with Crippen LogP contribution < -0.4 is 10.6 Å². The van der Waals surface area contributed by atoms with Crippen molar-refractivity contribution in [3.8, 4) is 11.3 Å². The second kappa shape index (κ2) is 8.59. The second-order valence-corrected chi connectivity index (χ2v) is 8.15. The third-order valence-corrected chi connectivity index (χ3v) is 4.67. The Kier molecular flexibility index (Phi) is 6.15. The van der Waals surface area contributed by atoms with Crippen molar-refractivity contribution in [1.82, 2.24) is 5.32 Å². The van der Waals surface area contributed by atoms with Crippen molar-refractivity contribution in [1.29, 1.82) is 0 Å². The molecule has 2 aromatic carbocycles. The first kappa shape index (κ1) is 20.8. The average molecular weight is 409 g/mol. The molecule has 6 heteroatoms. The third-order valence-electron chi connectivity index (χ3n) is 4.46. The SMILES string of the molecule is CC(C)(C)c1ccc(C(=O)NC(=S)Nc2cccc(-c3ccc(CO)o3)c2)cc1. The molecule has 0 fully saturated rings. The van der Waals surface area contributed by atoms with Crippen molar-refractivity contribution in [3.63, 3.8) is 0 Å². The molecule has 1 heterocycles. The standard InChI is InChI=1S/C23H24N2O3S/c1-23(2,3)17-9-7-15(8-10-17)21(27)25-22(29)24-18-6-4-5-16(13-18)20-12-11-19(14-26)28-20/h4-13,26H,14H2,1-3H3,(H2,24,25,27,29). The summed E-state index contributed by atoms with van der Waals surface area (Å²) in [6.45, 7) is 6.23. The zero-order valence-electron chi connectivity index (χ0n) is 16.7. The maximum Gasteiger partial charge on any atom is 0.257 e. The highest BCUT2D eigenvalue weighted by molar-refractivity contribution is 7.80. The smallest absolute Gasteiger partial charge is 0.257 e. The number of amides is 1. The topological polar surface area (TPSA) is 74.5 Å². The first-order valence-corrected chi connectivity index (χ1v) is 9.70. The van der Waals surface area contributed by atoms with Gasteiger partial charge >= 0.3 is 0 Å². The van der Waals surface area contributed by atoms with Crippen LogP contribution >= 0.6 is 12.2 Å². The van der Waals surface area contributed by atoms with Gasteiger partial charge < -0.3 is 14.8 Å². The summed E-state index contributed by atoms with van der Waals surface area (Å²) in [7, 11) is 0.